The molecule has 1 fully saturated rings. The molecule has 0 saturated carbocycles. The number of carbonyl (C=O) groups is 2. The van der Waals surface area contributed by atoms with Crippen LogP contribution in [0, 0.1) is 0 Å². The van der Waals surface area contributed by atoms with Gasteiger partial charge in [-0.2, -0.15) is 0 Å². The molecule has 0 N–H and O–H groups in total. The predicted octanol–water partition coefficient (Wildman–Crippen LogP) is 3.87. The van der Waals surface area contributed by atoms with Gasteiger partial charge in [-0.25, -0.2) is 0 Å². The molecule has 3 rings (SSSR count). The lowest BCUT2D eigenvalue weighted by molar-refractivity contribution is -0.133. The molecule has 0 aliphatic carbocycles. The summed E-state index contributed by atoms with van der Waals surface area (Å²) in [4.78, 5) is 32.4. The van der Waals surface area contributed by atoms with Gasteiger partial charge < -0.3 is 9.80 Å². The van der Waals surface area contributed by atoms with E-state index in [9.17, 15) is 9.59 Å². The molecule has 2 aromatic rings. The third-order valence-electron chi connectivity index (χ3n) is 5.94. The number of fused-ring (bicyclic) bond motifs is 1. The van der Waals surface area contributed by atoms with Crippen LogP contribution in [-0.4, -0.2) is 72.8 Å². The van der Waals surface area contributed by atoms with Gasteiger partial charge >= 0.3 is 0 Å². The fourth-order valence-corrected chi connectivity index (χ4v) is 5.52. The number of hydrogen-bond acceptors (Lipinski definition) is 4. The average Bonchev–Trinajstić information content (AvgIpc) is 3.08. The summed E-state index contributed by atoms with van der Waals surface area (Å²) < 4.78 is 1.16. The lowest BCUT2D eigenvalue weighted by atomic mass is 9.94. The molecule has 6 heteroatoms. The standard InChI is InChI=1S/C23H33N3O2S/c1-5-25(6-2)21(27)16-26-14-10-9-11-17(26)15-19-18-12-7-8-13-20(18)29-22(19)23(28)24(3)4/h7-8,12-13,17H,5-6,9-11,14-16H2,1-4H3. The molecule has 0 spiro atoms. The fourth-order valence-electron chi connectivity index (χ4n) is 4.26. The van der Waals surface area contributed by atoms with Crippen molar-refractivity contribution in [1.82, 2.24) is 14.7 Å². The fraction of sp³-hybridized carbons (Fsp3) is 0.565. The molecule has 29 heavy (non-hydrogen) atoms. The van der Waals surface area contributed by atoms with Gasteiger partial charge in [0.15, 0.2) is 0 Å². The lowest BCUT2D eigenvalue weighted by Crippen LogP contribution is -2.47. The first kappa shape index (κ1) is 21.8. The average molecular weight is 416 g/mol. The Morgan fingerprint density at radius 1 is 1.14 bits per heavy atom. The van der Waals surface area contributed by atoms with E-state index >= 15 is 0 Å². The van der Waals surface area contributed by atoms with E-state index < -0.39 is 0 Å². The van der Waals surface area contributed by atoms with Crippen LogP contribution < -0.4 is 0 Å². The van der Waals surface area contributed by atoms with E-state index in [4.69, 9.17) is 0 Å². The summed E-state index contributed by atoms with van der Waals surface area (Å²) in [7, 11) is 3.62. The Labute approximate surface area is 178 Å². The number of likely N-dealkylation sites (N-methyl/N-ethyl adjacent to an activating group) is 1. The van der Waals surface area contributed by atoms with E-state index in [1.54, 1.807) is 16.2 Å². The van der Waals surface area contributed by atoms with Gasteiger partial charge in [0.2, 0.25) is 5.91 Å². The zero-order valence-corrected chi connectivity index (χ0v) is 18.9. The van der Waals surface area contributed by atoms with E-state index in [-0.39, 0.29) is 11.8 Å². The van der Waals surface area contributed by atoms with Crippen LogP contribution in [0.4, 0.5) is 0 Å². The van der Waals surface area contributed by atoms with Crippen LogP contribution >= 0.6 is 11.3 Å². The van der Waals surface area contributed by atoms with Crippen molar-refractivity contribution in [2.45, 2.75) is 45.6 Å². The van der Waals surface area contributed by atoms with Crippen molar-refractivity contribution in [2.75, 3.05) is 40.3 Å². The summed E-state index contributed by atoms with van der Waals surface area (Å²) in [5, 5.41) is 1.18. The summed E-state index contributed by atoms with van der Waals surface area (Å²) >= 11 is 1.59. The molecule has 1 aliphatic rings. The zero-order valence-electron chi connectivity index (χ0n) is 18.1. The third-order valence-corrected chi connectivity index (χ3v) is 7.14. The number of thiophene rings is 1. The van der Waals surface area contributed by atoms with E-state index in [0.29, 0.717) is 12.6 Å². The summed E-state index contributed by atoms with van der Waals surface area (Å²) in [6, 6.07) is 8.60. The van der Waals surface area contributed by atoms with E-state index in [2.05, 4.69) is 17.0 Å². The first-order chi connectivity index (χ1) is 14.0. The highest BCUT2D eigenvalue weighted by atomic mass is 32.1. The number of benzene rings is 1. The molecule has 1 saturated heterocycles. The van der Waals surface area contributed by atoms with Crippen LogP contribution in [0.3, 0.4) is 0 Å². The van der Waals surface area contributed by atoms with Gasteiger partial charge in [0, 0.05) is 37.9 Å². The molecule has 1 aromatic carbocycles. The van der Waals surface area contributed by atoms with Gasteiger partial charge in [0.25, 0.3) is 5.91 Å². The summed E-state index contributed by atoms with van der Waals surface area (Å²) in [5.41, 5.74) is 1.15. The van der Waals surface area contributed by atoms with Crippen LogP contribution in [0.1, 0.15) is 48.3 Å². The maximum Gasteiger partial charge on any atom is 0.263 e. The van der Waals surface area contributed by atoms with Gasteiger partial charge in [-0.15, -0.1) is 11.3 Å². The first-order valence-electron chi connectivity index (χ1n) is 10.7. The topological polar surface area (TPSA) is 43.9 Å². The van der Waals surface area contributed by atoms with Crippen molar-refractivity contribution in [2.24, 2.45) is 0 Å². The summed E-state index contributed by atoms with van der Waals surface area (Å²) in [5.74, 6) is 0.282. The summed E-state index contributed by atoms with van der Waals surface area (Å²) in [6.45, 7) is 7.01. The Hall–Kier alpha value is -1.92. The smallest absolute Gasteiger partial charge is 0.263 e. The minimum absolute atomic E-state index is 0.0720. The molecule has 1 atom stereocenters. The van der Waals surface area contributed by atoms with Gasteiger partial charge in [-0.3, -0.25) is 14.5 Å². The second-order valence-electron chi connectivity index (χ2n) is 8.00. The molecule has 1 unspecified atom stereocenters. The van der Waals surface area contributed by atoms with Crippen molar-refractivity contribution in [1.29, 1.82) is 0 Å². The number of likely N-dealkylation sites (tertiary alicyclic amines) is 1. The minimum atomic E-state index is 0.0720. The molecule has 2 amide bonds. The van der Waals surface area contributed by atoms with Crippen molar-refractivity contribution in [3.05, 3.63) is 34.7 Å². The van der Waals surface area contributed by atoms with E-state index in [1.807, 2.05) is 45.0 Å². The highest BCUT2D eigenvalue weighted by Crippen LogP contribution is 2.34. The maximum atomic E-state index is 12.9. The normalized spacial score (nSPS) is 17.4. The van der Waals surface area contributed by atoms with Crippen molar-refractivity contribution < 1.29 is 9.59 Å². The summed E-state index contributed by atoms with van der Waals surface area (Å²) in [6.07, 6.45) is 4.21. The van der Waals surface area contributed by atoms with Crippen LogP contribution in [0.5, 0.6) is 0 Å². The van der Waals surface area contributed by atoms with Crippen LogP contribution in [0.2, 0.25) is 0 Å². The molecule has 1 aliphatic heterocycles. The van der Waals surface area contributed by atoms with Gasteiger partial charge in [0.1, 0.15) is 0 Å². The molecular formula is C23H33N3O2S. The van der Waals surface area contributed by atoms with Crippen LogP contribution in [-0.2, 0) is 11.2 Å². The van der Waals surface area contributed by atoms with Gasteiger partial charge in [0.05, 0.1) is 11.4 Å². The van der Waals surface area contributed by atoms with Crippen molar-refractivity contribution in [3.8, 4) is 0 Å². The van der Waals surface area contributed by atoms with Crippen LogP contribution in [0.15, 0.2) is 24.3 Å². The van der Waals surface area contributed by atoms with Gasteiger partial charge in [-0.05, 0) is 56.7 Å². The molecule has 0 radical (unpaired) electrons. The Balaban J connectivity index is 1.88. The van der Waals surface area contributed by atoms with E-state index in [0.717, 1.165) is 54.0 Å². The van der Waals surface area contributed by atoms with E-state index in [1.165, 1.54) is 11.8 Å². The number of hydrogen-bond donors (Lipinski definition) is 0. The predicted molar refractivity (Wildman–Crippen MR) is 121 cm³/mol. The first-order valence-corrected chi connectivity index (χ1v) is 11.5. The van der Waals surface area contributed by atoms with Crippen molar-refractivity contribution >= 4 is 33.2 Å². The second-order valence-corrected chi connectivity index (χ2v) is 9.05. The second kappa shape index (κ2) is 9.72. The minimum Gasteiger partial charge on any atom is -0.344 e. The maximum absolute atomic E-state index is 12.9. The van der Waals surface area contributed by atoms with Gasteiger partial charge in [-0.1, -0.05) is 24.6 Å². The highest BCUT2D eigenvalue weighted by molar-refractivity contribution is 7.21. The molecular weight excluding hydrogens is 382 g/mol. The number of piperidine rings is 1. The Morgan fingerprint density at radius 3 is 2.55 bits per heavy atom. The number of carbonyl (C=O) groups excluding carboxylic acids is 2. The van der Waals surface area contributed by atoms with Crippen molar-refractivity contribution in [3.63, 3.8) is 0 Å². The number of nitrogens with zero attached hydrogens (tertiary/aromatic N) is 3. The monoisotopic (exact) mass is 415 g/mol. The SMILES string of the molecule is CCN(CC)C(=O)CN1CCCCC1Cc1c(C(=O)N(C)C)sc2ccccc12. The molecule has 2 heterocycles. The molecule has 158 valence electrons. The molecule has 5 nitrogen and oxygen atoms in total. The highest BCUT2D eigenvalue weighted by Gasteiger charge is 2.29. The quantitative estimate of drug-likeness (QED) is 0.690. The largest absolute Gasteiger partial charge is 0.344 e. The lowest BCUT2D eigenvalue weighted by Gasteiger charge is -2.36. The zero-order chi connectivity index (χ0) is 21.0. The Kier molecular flexibility index (Phi) is 7.30. The molecule has 0 bridgehead atoms. The third kappa shape index (κ3) is 4.81. The molecule has 1 aromatic heterocycles. The Bertz CT molecular complexity index is 857. The Morgan fingerprint density at radius 2 is 1.86 bits per heavy atom. The van der Waals surface area contributed by atoms with Crippen LogP contribution in [0.25, 0.3) is 10.1 Å². The number of rotatable bonds is 7. The number of amides is 2.